The Morgan fingerprint density at radius 2 is 1.50 bits per heavy atom. The first-order valence-corrected chi connectivity index (χ1v) is 15.6. The van der Waals surface area contributed by atoms with E-state index in [9.17, 15) is 33.1 Å². The van der Waals surface area contributed by atoms with Gasteiger partial charge in [-0.3, -0.25) is 14.4 Å². The monoisotopic (exact) mass is 646 g/mol. The summed E-state index contributed by atoms with van der Waals surface area (Å²) in [6.07, 6.45) is -0.530. The Balaban J connectivity index is 2.22. The third kappa shape index (κ3) is 12.7. The van der Waals surface area contributed by atoms with Crippen molar-refractivity contribution in [2.75, 3.05) is 33.2 Å². The number of aliphatic hydroxyl groups excluding tert-OH is 1. The van der Waals surface area contributed by atoms with Gasteiger partial charge in [0.05, 0.1) is 12.1 Å². The number of hydrogen-bond donors (Lipinski definition) is 3. The van der Waals surface area contributed by atoms with Crippen molar-refractivity contribution in [2.24, 2.45) is 0 Å². The first-order chi connectivity index (χ1) is 21.5. The number of hydrogen-bond acceptors (Lipinski definition) is 6. The average Bonchev–Trinajstić information content (AvgIpc) is 2.95. The lowest BCUT2D eigenvalue weighted by molar-refractivity contribution is -0.129. The maximum absolute atomic E-state index is 14.0. The molecule has 10 nitrogen and oxygen atoms in total. The van der Waals surface area contributed by atoms with E-state index in [1.165, 1.54) is 18.0 Å². The van der Waals surface area contributed by atoms with Gasteiger partial charge in [0.1, 0.15) is 23.8 Å². The second-order valence-electron chi connectivity index (χ2n) is 12.5. The molecule has 0 bridgehead atoms. The number of carbonyl (C=O) groups is 4. The van der Waals surface area contributed by atoms with Gasteiger partial charge in [0.25, 0.3) is 11.8 Å². The van der Waals surface area contributed by atoms with Crippen LogP contribution >= 0.6 is 0 Å². The van der Waals surface area contributed by atoms with Gasteiger partial charge in [0.15, 0.2) is 0 Å². The predicted molar refractivity (Wildman–Crippen MR) is 171 cm³/mol. The molecule has 12 heteroatoms. The van der Waals surface area contributed by atoms with Crippen LogP contribution in [0.5, 0.6) is 0 Å². The molecular formula is C34H48F2N4O6. The van der Waals surface area contributed by atoms with Crippen LogP contribution in [-0.4, -0.2) is 89.7 Å². The number of aryl methyl sites for hydroxylation is 1. The molecule has 3 N–H and O–H groups in total. The first-order valence-electron chi connectivity index (χ1n) is 15.6. The SMILES string of the molecule is CCCN(CCC)C(=O)c1cc(C)cc(C(=O)NC(Cc2cc(F)cc(F)c2)C(O)CCN(C)C(=O)CNC(=O)OC(C)(C)C)c1. The average molecular weight is 647 g/mol. The first kappa shape index (κ1) is 38.1. The Morgan fingerprint density at radius 3 is 2.07 bits per heavy atom. The van der Waals surface area contributed by atoms with Crippen molar-refractivity contribution in [2.45, 2.75) is 85.0 Å². The number of aliphatic hydroxyl groups is 1. The van der Waals surface area contributed by atoms with Crippen molar-refractivity contribution in [1.82, 2.24) is 20.4 Å². The van der Waals surface area contributed by atoms with Crippen molar-refractivity contribution in [1.29, 1.82) is 0 Å². The maximum Gasteiger partial charge on any atom is 0.408 e. The van der Waals surface area contributed by atoms with Gasteiger partial charge >= 0.3 is 6.09 Å². The van der Waals surface area contributed by atoms with Crippen LogP contribution < -0.4 is 10.6 Å². The van der Waals surface area contributed by atoms with Crippen molar-refractivity contribution >= 4 is 23.8 Å². The van der Waals surface area contributed by atoms with Crippen LogP contribution in [0.2, 0.25) is 0 Å². The quantitative estimate of drug-likeness (QED) is 0.259. The standard InChI is InChI=1S/C34H48F2N4O6/c1-8-11-40(12-9-2)32(44)25-15-22(3)14-24(19-25)31(43)38-28(18-23-16-26(35)20-27(36)17-23)29(41)10-13-39(7)30(42)21-37-33(45)46-34(4,5)6/h14-17,19-20,28-29,41H,8-13,18,21H2,1-7H3,(H,37,45)(H,38,43). The van der Waals surface area contributed by atoms with Crippen LogP contribution in [0.3, 0.4) is 0 Å². The van der Waals surface area contributed by atoms with Gasteiger partial charge in [-0.25, -0.2) is 13.6 Å². The van der Waals surface area contributed by atoms with Crippen LogP contribution in [0.25, 0.3) is 0 Å². The smallest absolute Gasteiger partial charge is 0.408 e. The fourth-order valence-corrected chi connectivity index (χ4v) is 4.84. The largest absolute Gasteiger partial charge is 0.444 e. The number of nitrogens with one attached hydrogen (secondary N) is 2. The maximum atomic E-state index is 14.0. The van der Waals surface area contributed by atoms with E-state index in [4.69, 9.17) is 4.74 Å². The topological polar surface area (TPSA) is 128 Å². The van der Waals surface area contributed by atoms with E-state index in [0.29, 0.717) is 24.2 Å². The summed E-state index contributed by atoms with van der Waals surface area (Å²) in [7, 11) is 1.49. The Hall–Kier alpha value is -4.06. The number of alkyl carbamates (subject to hydrolysis) is 1. The molecule has 2 atom stereocenters. The fourth-order valence-electron chi connectivity index (χ4n) is 4.84. The molecule has 254 valence electrons. The lowest BCUT2D eigenvalue weighted by Gasteiger charge is -2.27. The minimum atomic E-state index is -1.24. The van der Waals surface area contributed by atoms with Crippen molar-refractivity contribution in [3.8, 4) is 0 Å². The molecule has 0 saturated carbocycles. The predicted octanol–water partition coefficient (Wildman–Crippen LogP) is 4.61. The molecule has 2 aromatic rings. The highest BCUT2D eigenvalue weighted by atomic mass is 19.1. The van der Waals surface area contributed by atoms with Crippen molar-refractivity contribution in [3.05, 3.63) is 70.3 Å². The highest BCUT2D eigenvalue weighted by Crippen LogP contribution is 2.17. The number of carbonyl (C=O) groups excluding carboxylic acids is 4. The van der Waals surface area contributed by atoms with Crippen LogP contribution in [0.4, 0.5) is 13.6 Å². The molecule has 0 aliphatic heterocycles. The Morgan fingerprint density at radius 1 is 0.913 bits per heavy atom. The van der Waals surface area contributed by atoms with Crippen LogP contribution in [0, 0.1) is 18.6 Å². The lowest BCUT2D eigenvalue weighted by Crippen LogP contribution is -2.47. The second kappa shape index (κ2) is 17.6. The number of halogens is 2. The third-order valence-electron chi connectivity index (χ3n) is 6.99. The van der Waals surface area contributed by atoms with E-state index in [1.54, 1.807) is 44.7 Å². The van der Waals surface area contributed by atoms with Crippen molar-refractivity contribution < 1.29 is 37.8 Å². The number of amides is 4. The number of nitrogens with zero attached hydrogens (tertiary/aromatic N) is 2. The molecule has 0 heterocycles. The second-order valence-corrected chi connectivity index (χ2v) is 12.5. The number of benzene rings is 2. The number of ether oxygens (including phenoxy) is 1. The summed E-state index contributed by atoms with van der Waals surface area (Å²) in [4.78, 5) is 54.3. The molecule has 0 spiro atoms. The highest BCUT2D eigenvalue weighted by Gasteiger charge is 2.26. The molecule has 0 fully saturated rings. The van der Waals surface area contributed by atoms with Gasteiger partial charge in [0, 0.05) is 43.9 Å². The van der Waals surface area contributed by atoms with Crippen molar-refractivity contribution in [3.63, 3.8) is 0 Å². The zero-order valence-electron chi connectivity index (χ0n) is 27.9. The van der Waals surface area contributed by atoms with E-state index in [1.807, 2.05) is 13.8 Å². The number of likely N-dealkylation sites (N-methyl/N-ethyl adjacent to an activating group) is 1. The Labute approximate surface area is 270 Å². The summed E-state index contributed by atoms with van der Waals surface area (Å²) in [6, 6.07) is 6.78. The van der Waals surface area contributed by atoms with E-state index in [2.05, 4.69) is 10.6 Å². The summed E-state index contributed by atoms with van der Waals surface area (Å²) in [5, 5.41) is 16.3. The van der Waals surface area contributed by atoms with E-state index >= 15 is 0 Å². The number of rotatable bonds is 15. The molecule has 0 aliphatic rings. The van der Waals surface area contributed by atoms with E-state index in [-0.39, 0.29) is 43.0 Å². The molecule has 2 unspecified atom stereocenters. The van der Waals surface area contributed by atoms with Gasteiger partial charge in [0.2, 0.25) is 5.91 Å². The summed E-state index contributed by atoms with van der Waals surface area (Å²) in [6.45, 7) is 11.7. The highest BCUT2D eigenvalue weighted by molar-refractivity contribution is 6.00. The van der Waals surface area contributed by atoms with E-state index < -0.39 is 47.3 Å². The molecule has 2 rings (SSSR count). The van der Waals surface area contributed by atoms with Gasteiger partial charge < -0.3 is 30.3 Å². The molecule has 0 aromatic heterocycles. The van der Waals surface area contributed by atoms with Gasteiger partial charge in [-0.05, 0) is 94.8 Å². The minimum Gasteiger partial charge on any atom is -0.444 e. The normalized spacial score (nSPS) is 12.6. The van der Waals surface area contributed by atoms with Gasteiger partial charge in [-0.1, -0.05) is 13.8 Å². The molecule has 46 heavy (non-hydrogen) atoms. The molecule has 0 saturated heterocycles. The molecule has 2 aromatic carbocycles. The lowest BCUT2D eigenvalue weighted by atomic mass is 9.97. The summed E-state index contributed by atoms with van der Waals surface area (Å²) < 4.78 is 33.1. The van der Waals surface area contributed by atoms with E-state index in [0.717, 1.165) is 31.0 Å². The molecule has 0 aliphatic carbocycles. The van der Waals surface area contributed by atoms with Gasteiger partial charge in [-0.2, -0.15) is 0 Å². The van der Waals surface area contributed by atoms with Crippen LogP contribution in [-0.2, 0) is 16.0 Å². The van der Waals surface area contributed by atoms with Crippen LogP contribution in [0.15, 0.2) is 36.4 Å². The molecule has 0 radical (unpaired) electrons. The summed E-state index contributed by atoms with van der Waals surface area (Å²) in [5.74, 6) is -2.82. The molecular weight excluding hydrogens is 598 g/mol. The fraction of sp³-hybridized carbons (Fsp3) is 0.529. The minimum absolute atomic E-state index is 0.00201. The molecule has 4 amide bonds. The summed E-state index contributed by atoms with van der Waals surface area (Å²) in [5.41, 5.74) is 0.722. The zero-order chi connectivity index (χ0) is 34.6. The Kier molecular flexibility index (Phi) is 14.6. The van der Waals surface area contributed by atoms with Gasteiger partial charge in [-0.15, -0.1) is 0 Å². The Bertz CT molecular complexity index is 1340. The zero-order valence-corrected chi connectivity index (χ0v) is 27.9. The summed E-state index contributed by atoms with van der Waals surface area (Å²) >= 11 is 0. The van der Waals surface area contributed by atoms with Crippen LogP contribution in [0.1, 0.15) is 85.7 Å². The third-order valence-corrected chi connectivity index (χ3v) is 6.99.